The molecule has 4 nitrogen and oxygen atoms in total. The van der Waals surface area contributed by atoms with Crippen molar-refractivity contribution in [3.63, 3.8) is 0 Å². The summed E-state index contributed by atoms with van der Waals surface area (Å²) in [5.74, 6) is 0. The normalized spacial score (nSPS) is 29.8. The van der Waals surface area contributed by atoms with E-state index in [9.17, 15) is 9.18 Å². The Balaban J connectivity index is 2.31. The third-order valence-corrected chi connectivity index (χ3v) is 1.83. The molecule has 0 unspecified atom stereocenters. The fourth-order valence-corrected chi connectivity index (χ4v) is 1.19. The second kappa shape index (κ2) is 3.71. The van der Waals surface area contributed by atoms with Crippen LogP contribution in [-0.2, 0) is 4.74 Å². The Labute approximate surface area is 69.7 Å². The molecule has 1 atom stereocenters. The Morgan fingerprint density at radius 1 is 1.75 bits per heavy atom. The summed E-state index contributed by atoms with van der Waals surface area (Å²) in [5.41, 5.74) is -1.50. The van der Waals surface area contributed by atoms with Crippen molar-refractivity contribution in [1.82, 2.24) is 5.32 Å². The van der Waals surface area contributed by atoms with Crippen molar-refractivity contribution in [3.05, 3.63) is 0 Å². The van der Waals surface area contributed by atoms with Crippen LogP contribution in [0, 0.1) is 0 Å². The number of carboxylic acid groups (broad SMARTS) is 1. The van der Waals surface area contributed by atoms with Gasteiger partial charge in [0.15, 0.2) is 5.67 Å². The number of rotatable bonds is 2. The van der Waals surface area contributed by atoms with Crippen LogP contribution in [0.1, 0.15) is 12.8 Å². The molecular formula is C7H12FNO3. The second-order valence-electron chi connectivity index (χ2n) is 2.97. The third kappa shape index (κ3) is 2.65. The van der Waals surface area contributed by atoms with E-state index < -0.39 is 11.8 Å². The number of amides is 1. The van der Waals surface area contributed by atoms with Gasteiger partial charge in [-0.05, 0) is 12.8 Å². The molecule has 70 valence electrons. The van der Waals surface area contributed by atoms with E-state index in [4.69, 9.17) is 9.84 Å². The van der Waals surface area contributed by atoms with Crippen LogP contribution in [0.25, 0.3) is 0 Å². The zero-order valence-corrected chi connectivity index (χ0v) is 6.68. The summed E-state index contributed by atoms with van der Waals surface area (Å²) in [7, 11) is 0. The Morgan fingerprint density at radius 3 is 3.00 bits per heavy atom. The first-order chi connectivity index (χ1) is 5.62. The molecule has 1 aliphatic rings. The van der Waals surface area contributed by atoms with E-state index in [1.54, 1.807) is 0 Å². The van der Waals surface area contributed by atoms with Crippen LogP contribution in [0.2, 0.25) is 0 Å². The van der Waals surface area contributed by atoms with Crippen molar-refractivity contribution >= 4 is 6.09 Å². The van der Waals surface area contributed by atoms with Crippen molar-refractivity contribution in [2.45, 2.75) is 18.5 Å². The van der Waals surface area contributed by atoms with Crippen LogP contribution < -0.4 is 5.32 Å². The average molecular weight is 177 g/mol. The van der Waals surface area contributed by atoms with Gasteiger partial charge < -0.3 is 15.2 Å². The molecule has 0 radical (unpaired) electrons. The Hall–Kier alpha value is -0.840. The van der Waals surface area contributed by atoms with Crippen LogP contribution >= 0.6 is 0 Å². The Kier molecular flexibility index (Phi) is 2.86. The second-order valence-corrected chi connectivity index (χ2v) is 2.97. The molecule has 2 N–H and O–H groups in total. The van der Waals surface area contributed by atoms with E-state index in [0.717, 1.165) is 0 Å². The average Bonchev–Trinajstić information content (AvgIpc) is 2.03. The highest BCUT2D eigenvalue weighted by molar-refractivity contribution is 5.64. The van der Waals surface area contributed by atoms with Gasteiger partial charge in [0.1, 0.15) is 0 Å². The molecule has 0 spiro atoms. The standard InChI is InChI=1S/C7H12FNO3/c8-7(4-9-6(10)11)2-1-3-12-5-7/h9H,1-5H2,(H,10,11)/t7-/m1/s1. The molecule has 0 aromatic heterocycles. The minimum Gasteiger partial charge on any atom is -0.465 e. The highest BCUT2D eigenvalue weighted by Gasteiger charge is 2.32. The fraction of sp³-hybridized carbons (Fsp3) is 0.857. The topological polar surface area (TPSA) is 58.6 Å². The van der Waals surface area contributed by atoms with Crippen molar-refractivity contribution < 1.29 is 19.0 Å². The predicted molar refractivity (Wildman–Crippen MR) is 39.9 cm³/mol. The predicted octanol–water partition coefficient (Wildman–Crippen LogP) is 0.773. The van der Waals surface area contributed by atoms with Crippen LogP contribution in [0.5, 0.6) is 0 Å². The van der Waals surface area contributed by atoms with Gasteiger partial charge >= 0.3 is 6.09 Å². The van der Waals surface area contributed by atoms with Gasteiger partial charge in [-0.15, -0.1) is 0 Å². The first kappa shape index (κ1) is 9.25. The zero-order chi connectivity index (χ0) is 9.03. The van der Waals surface area contributed by atoms with Gasteiger partial charge in [-0.25, -0.2) is 9.18 Å². The first-order valence-electron chi connectivity index (χ1n) is 3.86. The van der Waals surface area contributed by atoms with Crippen molar-refractivity contribution in [2.24, 2.45) is 0 Å². The Morgan fingerprint density at radius 2 is 2.50 bits per heavy atom. The molecule has 1 heterocycles. The molecule has 0 aromatic rings. The number of hydrogen-bond donors (Lipinski definition) is 2. The smallest absolute Gasteiger partial charge is 0.404 e. The first-order valence-corrected chi connectivity index (χ1v) is 3.86. The lowest BCUT2D eigenvalue weighted by molar-refractivity contribution is -0.0294. The maximum absolute atomic E-state index is 13.5. The number of halogens is 1. The minimum absolute atomic E-state index is 0.00667. The van der Waals surface area contributed by atoms with Gasteiger partial charge in [0, 0.05) is 6.61 Å². The maximum atomic E-state index is 13.5. The summed E-state index contributed by atoms with van der Waals surface area (Å²) < 4.78 is 18.4. The number of alkyl halides is 1. The molecule has 0 aromatic carbocycles. The number of nitrogens with one attached hydrogen (secondary N) is 1. The highest BCUT2D eigenvalue weighted by atomic mass is 19.1. The van der Waals surface area contributed by atoms with E-state index in [-0.39, 0.29) is 13.2 Å². The summed E-state index contributed by atoms with van der Waals surface area (Å²) >= 11 is 0. The lowest BCUT2D eigenvalue weighted by atomic mass is 9.99. The van der Waals surface area contributed by atoms with Crippen LogP contribution in [0.3, 0.4) is 0 Å². The maximum Gasteiger partial charge on any atom is 0.404 e. The molecule has 0 saturated carbocycles. The van der Waals surface area contributed by atoms with Crippen LogP contribution in [-0.4, -0.2) is 36.6 Å². The van der Waals surface area contributed by atoms with Crippen molar-refractivity contribution in [1.29, 1.82) is 0 Å². The largest absolute Gasteiger partial charge is 0.465 e. The lowest BCUT2D eigenvalue weighted by Crippen LogP contribution is -2.44. The molecular weight excluding hydrogens is 165 g/mol. The van der Waals surface area contributed by atoms with Crippen LogP contribution in [0.4, 0.5) is 9.18 Å². The van der Waals surface area contributed by atoms with Gasteiger partial charge in [0.25, 0.3) is 0 Å². The van der Waals surface area contributed by atoms with Crippen LogP contribution in [0.15, 0.2) is 0 Å². The molecule has 0 aliphatic carbocycles. The third-order valence-electron chi connectivity index (χ3n) is 1.83. The van der Waals surface area contributed by atoms with E-state index in [1.165, 1.54) is 0 Å². The van der Waals surface area contributed by atoms with E-state index in [0.29, 0.717) is 19.4 Å². The van der Waals surface area contributed by atoms with Gasteiger partial charge in [-0.3, -0.25) is 0 Å². The monoisotopic (exact) mass is 177 g/mol. The van der Waals surface area contributed by atoms with E-state index >= 15 is 0 Å². The summed E-state index contributed by atoms with van der Waals surface area (Å²) in [6.45, 7) is 0.383. The Bertz CT molecular complexity index is 168. The SMILES string of the molecule is O=C(O)NC[C@]1(F)CCCOC1. The van der Waals surface area contributed by atoms with Crippen molar-refractivity contribution in [2.75, 3.05) is 19.8 Å². The van der Waals surface area contributed by atoms with Gasteiger partial charge in [0.2, 0.25) is 0 Å². The quantitative estimate of drug-likeness (QED) is 0.655. The zero-order valence-electron chi connectivity index (χ0n) is 6.68. The van der Waals surface area contributed by atoms with Gasteiger partial charge in [-0.2, -0.15) is 0 Å². The molecule has 5 heteroatoms. The minimum atomic E-state index is -1.50. The number of carbonyl (C=O) groups is 1. The van der Waals surface area contributed by atoms with Gasteiger partial charge in [0.05, 0.1) is 13.2 Å². The molecule has 12 heavy (non-hydrogen) atoms. The molecule has 0 bridgehead atoms. The molecule has 1 amide bonds. The number of ether oxygens (including phenoxy) is 1. The summed E-state index contributed by atoms with van der Waals surface area (Å²) in [6, 6.07) is 0. The highest BCUT2D eigenvalue weighted by Crippen LogP contribution is 2.22. The molecule has 1 saturated heterocycles. The summed E-state index contributed by atoms with van der Waals surface area (Å²) in [5, 5.41) is 10.3. The van der Waals surface area contributed by atoms with E-state index in [2.05, 4.69) is 0 Å². The lowest BCUT2D eigenvalue weighted by Gasteiger charge is -2.28. The van der Waals surface area contributed by atoms with Crippen molar-refractivity contribution in [3.8, 4) is 0 Å². The summed E-state index contributed by atoms with van der Waals surface area (Å²) in [4.78, 5) is 10.1. The molecule has 1 rings (SSSR count). The molecule has 1 aliphatic heterocycles. The van der Waals surface area contributed by atoms with E-state index in [1.807, 2.05) is 5.32 Å². The van der Waals surface area contributed by atoms with Gasteiger partial charge in [-0.1, -0.05) is 0 Å². The number of hydrogen-bond acceptors (Lipinski definition) is 2. The fourth-order valence-electron chi connectivity index (χ4n) is 1.19. The molecule has 1 fully saturated rings. The summed E-state index contributed by atoms with van der Waals surface area (Å²) in [6.07, 6.45) is -0.178.